The number of nitrogens with one attached hydrogen (secondary N) is 3. The number of hydrogen-bond donors (Lipinski definition) is 4. The Balaban J connectivity index is 1.49. The molecule has 0 unspecified atom stereocenters. The third kappa shape index (κ3) is 4.43. The molecule has 158 valence electrons. The summed E-state index contributed by atoms with van der Waals surface area (Å²) in [5, 5.41) is 22.8. The number of hydrogen-bond acceptors (Lipinski definition) is 7. The first-order valence-corrected chi connectivity index (χ1v) is 10.2. The van der Waals surface area contributed by atoms with Gasteiger partial charge in [-0.1, -0.05) is 0 Å². The van der Waals surface area contributed by atoms with Crippen LogP contribution in [0, 0.1) is 11.2 Å². The van der Waals surface area contributed by atoms with Gasteiger partial charge in [0.25, 0.3) is 0 Å². The van der Waals surface area contributed by atoms with Gasteiger partial charge in [0.15, 0.2) is 11.5 Å². The molecule has 9 nitrogen and oxygen atoms in total. The number of benzene rings is 1. The number of anilines is 2. The molecule has 30 heavy (non-hydrogen) atoms. The molecule has 1 aliphatic heterocycles. The first kappa shape index (κ1) is 20.7. The van der Waals surface area contributed by atoms with Crippen LogP contribution < -0.4 is 10.4 Å². The van der Waals surface area contributed by atoms with Crippen LogP contribution in [0.2, 0.25) is 0 Å². The van der Waals surface area contributed by atoms with E-state index in [2.05, 4.69) is 41.1 Å². The first-order chi connectivity index (χ1) is 14.5. The van der Waals surface area contributed by atoms with E-state index in [1.807, 2.05) is 0 Å². The molecule has 0 spiro atoms. The normalized spacial score (nSPS) is 14.8. The van der Waals surface area contributed by atoms with Gasteiger partial charge in [0.2, 0.25) is 5.95 Å². The van der Waals surface area contributed by atoms with Crippen molar-refractivity contribution in [3.05, 3.63) is 46.3 Å². The van der Waals surface area contributed by atoms with Crippen LogP contribution in [0.15, 0.2) is 34.9 Å². The fourth-order valence-corrected chi connectivity index (χ4v) is 3.58. The van der Waals surface area contributed by atoms with E-state index in [-0.39, 0.29) is 16.0 Å². The molecule has 1 fully saturated rings. The van der Waals surface area contributed by atoms with Crippen molar-refractivity contribution in [1.29, 1.82) is 5.41 Å². The molecule has 4 rings (SSSR count). The van der Waals surface area contributed by atoms with E-state index in [1.54, 1.807) is 6.07 Å². The lowest BCUT2D eigenvalue weighted by atomic mass is 10.2. The minimum Gasteiger partial charge on any atom is -0.379 e. The molecule has 3 aromatic rings. The van der Waals surface area contributed by atoms with Crippen LogP contribution in [0.5, 0.6) is 0 Å². The van der Waals surface area contributed by atoms with Gasteiger partial charge in [-0.05, 0) is 40.2 Å². The van der Waals surface area contributed by atoms with Crippen molar-refractivity contribution in [2.24, 2.45) is 0 Å². The Labute approximate surface area is 180 Å². The van der Waals surface area contributed by atoms with Crippen molar-refractivity contribution in [3.63, 3.8) is 0 Å². The largest absolute Gasteiger partial charge is 0.379 e. The minimum atomic E-state index is -0.452. The number of aromatic nitrogens is 3. The predicted molar refractivity (Wildman–Crippen MR) is 115 cm³/mol. The smallest absolute Gasteiger partial charge is 0.202 e. The van der Waals surface area contributed by atoms with Gasteiger partial charge in [-0.2, -0.15) is 4.98 Å². The van der Waals surface area contributed by atoms with Crippen molar-refractivity contribution in [1.82, 2.24) is 19.9 Å². The Bertz CT molecular complexity index is 1050. The number of halogens is 2. The number of nitrogens with zero attached hydrogens (tertiary/aromatic N) is 4. The van der Waals surface area contributed by atoms with Gasteiger partial charge in [0.1, 0.15) is 5.82 Å². The van der Waals surface area contributed by atoms with E-state index in [0.717, 1.165) is 32.8 Å². The highest BCUT2D eigenvalue weighted by molar-refractivity contribution is 9.10. The van der Waals surface area contributed by atoms with Gasteiger partial charge in [0, 0.05) is 37.9 Å². The summed E-state index contributed by atoms with van der Waals surface area (Å²) in [5.41, 5.74) is 1.62. The lowest BCUT2D eigenvalue weighted by Gasteiger charge is -2.26. The summed E-state index contributed by atoms with van der Waals surface area (Å²) >= 11 is 3.09. The summed E-state index contributed by atoms with van der Waals surface area (Å²) in [5.74, 6) is -0.101. The van der Waals surface area contributed by atoms with Crippen molar-refractivity contribution >= 4 is 44.6 Å². The van der Waals surface area contributed by atoms with E-state index in [1.165, 1.54) is 24.4 Å². The van der Waals surface area contributed by atoms with E-state index < -0.39 is 5.82 Å². The second-order valence-electron chi connectivity index (χ2n) is 6.78. The van der Waals surface area contributed by atoms with Gasteiger partial charge < -0.3 is 15.0 Å². The summed E-state index contributed by atoms with van der Waals surface area (Å²) in [4.78, 5) is 14.1. The summed E-state index contributed by atoms with van der Waals surface area (Å²) in [7, 11) is 0. The average Bonchev–Trinajstić information content (AvgIpc) is 3.18. The third-order valence-electron chi connectivity index (χ3n) is 4.83. The topological polar surface area (TPSA) is 113 Å². The summed E-state index contributed by atoms with van der Waals surface area (Å²) in [6.07, 6.45) is 1.53. The van der Waals surface area contributed by atoms with Crippen LogP contribution in [0.3, 0.4) is 0 Å². The number of H-pyrrole nitrogens is 1. The average molecular weight is 478 g/mol. The highest BCUT2D eigenvalue weighted by Crippen LogP contribution is 2.25. The minimum absolute atomic E-state index is 0.190. The molecule has 0 bridgehead atoms. The fraction of sp³-hybridized carbons (Fsp3) is 0.316. The molecule has 0 saturated carbocycles. The molecule has 1 saturated heterocycles. The Morgan fingerprint density at radius 2 is 2.17 bits per heavy atom. The second-order valence-corrected chi connectivity index (χ2v) is 7.64. The van der Waals surface area contributed by atoms with Crippen molar-refractivity contribution in [2.45, 2.75) is 0 Å². The fourth-order valence-electron chi connectivity index (χ4n) is 3.21. The summed E-state index contributed by atoms with van der Waals surface area (Å²) in [6.45, 7) is 4.89. The van der Waals surface area contributed by atoms with Gasteiger partial charge in [-0.15, -0.1) is 0 Å². The third-order valence-corrected chi connectivity index (χ3v) is 5.44. The number of fused-ring (bicyclic) bond motifs is 1. The maximum absolute atomic E-state index is 13.5. The van der Waals surface area contributed by atoms with Gasteiger partial charge >= 0.3 is 0 Å². The predicted octanol–water partition coefficient (Wildman–Crippen LogP) is 2.82. The SMILES string of the molecule is N=C(c1ccnc2nc(NCCN3CCOCC3)[nH]c12)N(O)c1ccc(F)c(Br)c1. The number of pyridine rings is 1. The number of hydroxylamine groups is 1. The molecule has 1 aliphatic rings. The lowest BCUT2D eigenvalue weighted by molar-refractivity contribution is 0.0398. The maximum Gasteiger partial charge on any atom is 0.202 e. The van der Waals surface area contributed by atoms with Crippen molar-refractivity contribution in [3.8, 4) is 0 Å². The van der Waals surface area contributed by atoms with Crippen LogP contribution in [0.1, 0.15) is 5.56 Å². The standard InChI is InChI=1S/C19H21BrFN7O2/c20-14-11-12(1-2-15(14)21)28(29)17(22)13-3-4-23-18-16(13)25-19(26-18)24-5-6-27-7-9-30-10-8-27/h1-4,11,22,29H,5-10H2,(H2,23,24,25,26). The molecule has 0 aliphatic carbocycles. The Morgan fingerprint density at radius 1 is 1.37 bits per heavy atom. The van der Waals surface area contributed by atoms with Crippen molar-refractivity contribution < 1.29 is 14.3 Å². The molecular formula is C19H21BrFN7O2. The van der Waals surface area contributed by atoms with E-state index in [9.17, 15) is 9.60 Å². The van der Waals surface area contributed by atoms with Gasteiger partial charge in [-0.3, -0.25) is 15.5 Å². The number of ether oxygens (including phenoxy) is 1. The number of rotatable bonds is 6. The highest BCUT2D eigenvalue weighted by atomic mass is 79.9. The number of imidazole rings is 1. The first-order valence-electron chi connectivity index (χ1n) is 9.44. The van der Waals surface area contributed by atoms with Gasteiger partial charge in [-0.25, -0.2) is 14.4 Å². The van der Waals surface area contributed by atoms with Crippen LogP contribution in [-0.2, 0) is 4.74 Å². The van der Waals surface area contributed by atoms with E-state index in [4.69, 9.17) is 10.1 Å². The van der Waals surface area contributed by atoms with Crippen LogP contribution in [0.4, 0.5) is 16.0 Å². The van der Waals surface area contributed by atoms with Crippen LogP contribution in [0.25, 0.3) is 11.2 Å². The zero-order valence-electron chi connectivity index (χ0n) is 16.0. The summed E-state index contributed by atoms with van der Waals surface area (Å²) in [6, 6.07) is 5.61. The van der Waals surface area contributed by atoms with Gasteiger partial charge in [0.05, 0.1) is 28.9 Å². The van der Waals surface area contributed by atoms with E-state index in [0.29, 0.717) is 34.3 Å². The summed E-state index contributed by atoms with van der Waals surface area (Å²) < 4.78 is 19.0. The Morgan fingerprint density at radius 3 is 2.93 bits per heavy atom. The van der Waals surface area contributed by atoms with Crippen LogP contribution in [-0.4, -0.2) is 70.3 Å². The zero-order valence-corrected chi connectivity index (χ0v) is 17.6. The van der Waals surface area contributed by atoms with E-state index >= 15 is 0 Å². The molecule has 1 aromatic carbocycles. The molecule has 0 radical (unpaired) electrons. The quantitative estimate of drug-likeness (QED) is 0.245. The highest BCUT2D eigenvalue weighted by Gasteiger charge is 2.18. The molecule has 4 N–H and O–H groups in total. The monoisotopic (exact) mass is 477 g/mol. The maximum atomic E-state index is 13.5. The number of aromatic amines is 1. The zero-order chi connectivity index (χ0) is 21.1. The molecule has 11 heteroatoms. The molecule has 3 heterocycles. The van der Waals surface area contributed by atoms with Crippen molar-refractivity contribution in [2.75, 3.05) is 49.8 Å². The molecule has 0 atom stereocenters. The van der Waals surface area contributed by atoms with Crippen LogP contribution >= 0.6 is 15.9 Å². The molecular weight excluding hydrogens is 457 g/mol. The second kappa shape index (κ2) is 9.04. The Hall–Kier alpha value is -2.60. The number of morpholine rings is 1. The molecule has 2 aromatic heterocycles. The lowest BCUT2D eigenvalue weighted by Crippen LogP contribution is -2.39. The number of amidine groups is 1. The Kier molecular flexibility index (Phi) is 6.23. The molecule has 0 amide bonds.